The Morgan fingerprint density at radius 3 is 2.18 bits per heavy atom. The topological polar surface area (TPSA) is 9.23 Å². The minimum atomic E-state index is 0.446. The van der Waals surface area contributed by atoms with Crippen molar-refractivity contribution in [2.45, 2.75) is 19.8 Å². The normalized spacial score (nSPS) is 10.6. The molecule has 2 aromatic carbocycles. The van der Waals surface area contributed by atoms with Crippen LogP contribution in [-0.4, -0.2) is 7.11 Å². The zero-order valence-corrected chi connectivity index (χ0v) is 10.6. The third kappa shape index (κ3) is 2.33. The van der Waals surface area contributed by atoms with Crippen LogP contribution >= 0.6 is 0 Å². The molecule has 0 amide bonds. The van der Waals surface area contributed by atoms with Gasteiger partial charge in [-0.15, -0.1) is 0 Å². The van der Waals surface area contributed by atoms with Gasteiger partial charge in [0.2, 0.25) is 0 Å². The van der Waals surface area contributed by atoms with E-state index in [1.54, 1.807) is 7.11 Å². The maximum Gasteiger partial charge on any atom is 0.122 e. The Balaban J connectivity index is 2.62. The summed E-state index contributed by atoms with van der Waals surface area (Å²) < 4.78 is 5.47. The molecule has 0 saturated carbocycles. The molecule has 0 aliphatic heterocycles. The van der Waals surface area contributed by atoms with Crippen molar-refractivity contribution in [3.63, 3.8) is 0 Å². The van der Waals surface area contributed by atoms with E-state index in [2.05, 4.69) is 44.2 Å². The highest BCUT2D eigenvalue weighted by molar-refractivity contribution is 5.70. The van der Waals surface area contributed by atoms with Crippen LogP contribution in [0.15, 0.2) is 48.5 Å². The molecule has 17 heavy (non-hydrogen) atoms. The van der Waals surface area contributed by atoms with Crippen molar-refractivity contribution in [1.29, 1.82) is 0 Å². The average molecular weight is 226 g/mol. The second-order valence-corrected chi connectivity index (χ2v) is 4.44. The largest absolute Gasteiger partial charge is 0.496 e. The van der Waals surface area contributed by atoms with Gasteiger partial charge in [0.05, 0.1) is 7.11 Å². The lowest BCUT2D eigenvalue weighted by molar-refractivity contribution is 0.408. The van der Waals surface area contributed by atoms with Crippen LogP contribution < -0.4 is 4.74 Å². The van der Waals surface area contributed by atoms with Crippen LogP contribution in [0.25, 0.3) is 11.1 Å². The van der Waals surface area contributed by atoms with E-state index in [1.165, 1.54) is 16.7 Å². The van der Waals surface area contributed by atoms with Gasteiger partial charge in [0.15, 0.2) is 0 Å². The van der Waals surface area contributed by atoms with E-state index in [-0.39, 0.29) is 0 Å². The van der Waals surface area contributed by atoms with Crippen molar-refractivity contribution in [3.05, 3.63) is 54.1 Å². The molecule has 0 saturated heterocycles. The molecular weight excluding hydrogens is 208 g/mol. The fourth-order valence-corrected chi connectivity index (χ4v) is 2.19. The smallest absolute Gasteiger partial charge is 0.122 e. The average Bonchev–Trinajstić information content (AvgIpc) is 2.38. The number of rotatable bonds is 3. The van der Waals surface area contributed by atoms with Gasteiger partial charge < -0.3 is 4.74 Å². The zero-order valence-electron chi connectivity index (χ0n) is 10.6. The van der Waals surface area contributed by atoms with E-state index in [1.807, 2.05) is 18.2 Å². The molecule has 0 unspecified atom stereocenters. The molecule has 0 heterocycles. The van der Waals surface area contributed by atoms with Crippen molar-refractivity contribution in [3.8, 4) is 16.9 Å². The third-order valence-electron chi connectivity index (χ3n) is 2.95. The van der Waals surface area contributed by atoms with E-state index in [0.717, 1.165) is 5.75 Å². The second-order valence-electron chi connectivity index (χ2n) is 4.44. The minimum Gasteiger partial charge on any atom is -0.496 e. The molecule has 0 radical (unpaired) electrons. The summed E-state index contributed by atoms with van der Waals surface area (Å²) in [7, 11) is 1.73. The summed E-state index contributed by atoms with van der Waals surface area (Å²) in [5, 5.41) is 0. The first-order chi connectivity index (χ1) is 8.24. The molecule has 2 rings (SSSR count). The molecule has 0 spiro atoms. The van der Waals surface area contributed by atoms with Crippen molar-refractivity contribution >= 4 is 0 Å². The van der Waals surface area contributed by atoms with Crippen molar-refractivity contribution in [1.82, 2.24) is 0 Å². The molecule has 1 nitrogen and oxygen atoms in total. The van der Waals surface area contributed by atoms with E-state index in [0.29, 0.717) is 5.92 Å². The van der Waals surface area contributed by atoms with Crippen molar-refractivity contribution < 1.29 is 4.74 Å². The van der Waals surface area contributed by atoms with Crippen LogP contribution in [0.2, 0.25) is 0 Å². The highest BCUT2D eigenvalue weighted by Crippen LogP contribution is 2.35. The number of benzene rings is 2. The highest BCUT2D eigenvalue weighted by atomic mass is 16.5. The third-order valence-corrected chi connectivity index (χ3v) is 2.95. The standard InChI is InChI=1S/C16H18O/c1-12(2)16-14(10-7-11-15(16)17-3)13-8-5-4-6-9-13/h4-12H,1-3H3. The summed E-state index contributed by atoms with van der Waals surface area (Å²) in [6, 6.07) is 16.7. The van der Waals surface area contributed by atoms with Gasteiger partial charge in [-0.1, -0.05) is 56.3 Å². The maximum atomic E-state index is 5.47. The van der Waals surface area contributed by atoms with Gasteiger partial charge in [0, 0.05) is 5.56 Å². The van der Waals surface area contributed by atoms with Crippen LogP contribution in [0.3, 0.4) is 0 Å². The van der Waals surface area contributed by atoms with Gasteiger partial charge in [-0.05, 0) is 23.1 Å². The highest BCUT2D eigenvalue weighted by Gasteiger charge is 2.13. The number of hydrogen-bond acceptors (Lipinski definition) is 1. The Morgan fingerprint density at radius 1 is 0.882 bits per heavy atom. The first kappa shape index (κ1) is 11.7. The Labute approximate surface area is 103 Å². The van der Waals surface area contributed by atoms with Crippen LogP contribution in [0, 0.1) is 0 Å². The number of methoxy groups -OCH3 is 1. The number of hydrogen-bond donors (Lipinski definition) is 0. The van der Waals surface area contributed by atoms with Gasteiger partial charge in [0.25, 0.3) is 0 Å². The maximum absolute atomic E-state index is 5.47. The van der Waals surface area contributed by atoms with Crippen LogP contribution in [-0.2, 0) is 0 Å². The SMILES string of the molecule is COc1cccc(-c2ccccc2)c1C(C)C. The van der Waals surface area contributed by atoms with E-state index >= 15 is 0 Å². The Hall–Kier alpha value is -1.76. The van der Waals surface area contributed by atoms with Gasteiger partial charge in [-0.2, -0.15) is 0 Å². The molecule has 0 N–H and O–H groups in total. The summed E-state index contributed by atoms with van der Waals surface area (Å²) in [5.41, 5.74) is 3.79. The molecule has 0 bridgehead atoms. The van der Waals surface area contributed by atoms with Crippen LogP contribution in [0.5, 0.6) is 5.75 Å². The van der Waals surface area contributed by atoms with E-state index < -0.39 is 0 Å². The van der Waals surface area contributed by atoms with Gasteiger partial charge in [0.1, 0.15) is 5.75 Å². The fourth-order valence-electron chi connectivity index (χ4n) is 2.19. The minimum absolute atomic E-state index is 0.446. The fraction of sp³-hybridized carbons (Fsp3) is 0.250. The molecule has 0 aliphatic rings. The lowest BCUT2D eigenvalue weighted by atomic mass is 9.92. The zero-order chi connectivity index (χ0) is 12.3. The molecule has 2 aromatic rings. The molecule has 0 aromatic heterocycles. The Bertz CT molecular complexity index is 486. The molecule has 88 valence electrons. The predicted molar refractivity (Wildman–Crippen MR) is 72.5 cm³/mol. The van der Waals surface area contributed by atoms with E-state index in [4.69, 9.17) is 4.74 Å². The van der Waals surface area contributed by atoms with Gasteiger partial charge in [-0.25, -0.2) is 0 Å². The summed E-state index contributed by atoms with van der Waals surface area (Å²) in [5.74, 6) is 1.42. The molecule has 0 atom stereocenters. The van der Waals surface area contributed by atoms with Gasteiger partial charge >= 0.3 is 0 Å². The molecular formula is C16H18O. The molecule has 1 heteroatoms. The summed E-state index contributed by atoms with van der Waals surface area (Å²) in [6.07, 6.45) is 0. The molecule has 0 fully saturated rings. The molecule has 0 aliphatic carbocycles. The predicted octanol–water partition coefficient (Wildman–Crippen LogP) is 4.49. The lowest BCUT2D eigenvalue weighted by Crippen LogP contribution is -1.97. The van der Waals surface area contributed by atoms with Crippen molar-refractivity contribution in [2.75, 3.05) is 7.11 Å². The van der Waals surface area contributed by atoms with E-state index in [9.17, 15) is 0 Å². The second kappa shape index (κ2) is 5.05. The monoisotopic (exact) mass is 226 g/mol. The summed E-state index contributed by atoms with van der Waals surface area (Å²) in [4.78, 5) is 0. The first-order valence-corrected chi connectivity index (χ1v) is 5.96. The van der Waals surface area contributed by atoms with Crippen LogP contribution in [0.4, 0.5) is 0 Å². The quantitative estimate of drug-likeness (QED) is 0.749. The summed E-state index contributed by atoms with van der Waals surface area (Å²) in [6.45, 7) is 4.40. The number of ether oxygens (including phenoxy) is 1. The first-order valence-electron chi connectivity index (χ1n) is 5.96. The van der Waals surface area contributed by atoms with Gasteiger partial charge in [-0.3, -0.25) is 0 Å². The van der Waals surface area contributed by atoms with Crippen LogP contribution in [0.1, 0.15) is 25.3 Å². The van der Waals surface area contributed by atoms with Crippen molar-refractivity contribution in [2.24, 2.45) is 0 Å². The lowest BCUT2D eigenvalue weighted by Gasteiger charge is -2.17. The summed E-state index contributed by atoms with van der Waals surface area (Å²) >= 11 is 0. The Morgan fingerprint density at radius 2 is 1.59 bits per heavy atom. The Kier molecular flexibility index (Phi) is 3.48.